The summed E-state index contributed by atoms with van der Waals surface area (Å²) in [6, 6.07) is 5.75. The van der Waals surface area contributed by atoms with E-state index in [9.17, 15) is 9.59 Å². The van der Waals surface area contributed by atoms with Crippen LogP contribution in [-0.2, 0) is 6.54 Å². The predicted molar refractivity (Wildman–Crippen MR) is 97.1 cm³/mol. The minimum absolute atomic E-state index is 0.157. The molecule has 3 N–H and O–H groups in total. The summed E-state index contributed by atoms with van der Waals surface area (Å²) >= 11 is 0. The Kier molecular flexibility index (Phi) is 5.43. The summed E-state index contributed by atoms with van der Waals surface area (Å²) in [7, 11) is 0. The summed E-state index contributed by atoms with van der Waals surface area (Å²) in [5.74, 6) is 0.294. The number of hydrogen-bond donors (Lipinski definition) is 3. The molecule has 8 nitrogen and oxygen atoms in total. The fraction of sp³-hybridized carbons (Fsp3) is 0.444. The largest absolute Gasteiger partial charge is 0.368 e. The molecule has 0 radical (unpaired) electrons. The maximum Gasteiger partial charge on any atom is 0.349 e. The molecule has 138 valence electrons. The monoisotopic (exact) mass is 358 g/mol. The van der Waals surface area contributed by atoms with E-state index in [0.717, 1.165) is 36.8 Å². The molecular formula is C18H22N4O4. The van der Waals surface area contributed by atoms with Crippen LogP contribution in [0.15, 0.2) is 27.8 Å². The van der Waals surface area contributed by atoms with Gasteiger partial charge in [0, 0.05) is 6.54 Å². The Morgan fingerprint density at radius 3 is 2.65 bits per heavy atom. The van der Waals surface area contributed by atoms with Crippen LogP contribution in [0.5, 0.6) is 0 Å². The zero-order valence-corrected chi connectivity index (χ0v) is 14.6. The van der Waals surface area contributed by atoms with E-state index in [1.807, 2.05) is 29.7 Å². The van der Waals surface area contributed by atoms with Gasteiger partial charge in [0.2, 0.25) is 0 Å². The van der Waals surface area contributed by atoms with Gasteiger partial charge in [-0.25, -0.2) is 9.78 Å². The molecule has 0 saturated carbocycles. The van der Waals surface area contributed by atoms with Gasteiger partial charge >= 0.3 is 5.69 Å². The van der Waals surface area contributed by atoms with E-state index < -0.39 is 17.5 Å². The van der Waals surface area contributed by atoms with Crippen LogP contribution in [0.2, 0.25) is 0 Å². The van der Waals surface area contributed by atoms with Gasteiger partial charge < -0.3 is 14.8 Å². The van der Waals surface area contributed by atoms with Crippen molar-refractivity contribution in [1.29, 1.82) is 0 Å². The Morgan fingerprint density at radius 2 is 1.88 bits per heavy atom. The topological polar surface area (TPSA) is 121 Å². The van der Waals surface area contributed by atoms with Crippen molar-refractivity contribution in [2.75, 3.05) is 0 Å². The molecule has 2 aliphatic rings. The van der Waals surface area contributed by atoms with Crippen LogP contribution in [0.3, 0.4) is 0 Å². The molecule has 2 heterocycles. The van der Waals surface area contributed by atoms with Gasteiger partial charge in [0.05, 0.1) is 11.0 Å². The number of H-pyrrole nitrogens is 1. The van der Waals surface area contributed by atoms with Crippen molar-refractivity contribution in [3.05, 3.63) is 44.6 Å². The third-order valence-corrected chi connectivity index (χ3v) is 4.36. The number of fused-ring (bicyclic) bond motifs is 2. The Balaban J connectivity index is 1.93. The molecule has 3 rings (SSSR count). The molecule has 2 aliphatic heterocycles. The molecule has 0 amide bonds. The maximum absolute atomic E-state index is 12.1. The van der Waals surface area contributed by atoms with Gasteiger partial charge in [-0.15, -0.1) is 0 Å². The average molecular weight is 358 g/mol. The summed E-state index contributed by atoms with van der Waals surface area (Å²) in [4.78, 5) is 34.3. The molecule has 0 aliphatic carbocycles. The number of aryl methyl sites for hydroxylation is 2. The Hall–Kier alpha value is -2.58. The van der Waals surface area contributed by atoms with E-state index in [1.54, 1.807) is 0 Å². The molecule has 26 heavy (non-hydrogen) atoms. The molecule has 0 fully saturated rings. The zero-order chi connectivity index (χ0) is 18.7. The first-order chi connectivity index (χ1) is 12.5. The number of rotatable bonds is 7. The smallest absolute Gasteiger partial charge is 0.349 e. The minimum Gasteiger partial charge on any atom is -0.368 e. The number of aliphatic hydroxyl groups excluding tert-OH is 1. The lowest BCUT2D eigenvalue weighted by atomic mass is 10.1. The van der Waals surface area contributed by atoms with Crippen molar-refractivity contribution in [2.45, 2.75) is 51.9 Å². The lowest BCUT2D eigenvalue weighted by molar-refractivity contribution is -0.0466. The minimum atomic E-state index is -1.26. The van der Waals surface area contributed by atoms with Gasteiger partial charge in [0.15, 0.2) is 17.8 Å². The molecule has 0 spiro atoms. The highest BCUT2D eigenvalue weighted by molar-refractivity contribution is 5.79. The first-order valence-electron chi connectivity index (χ1n) is 8.73. The van der Waals surface area contributed by atoms with Crippen LogP contribution in [-0.4, -0.2) is 36.0 Å². The maximum atomic E-state index is 12.1. The lowest BCUT2D eigenvalue weighted by Gasteiger charge is -2.17. The van der Waals surface area contributed by atoms with Crippen LogP contribution in [0.4, 0.5) is 0 Å². The van der Waals surface area contributed by atoms with Crippen molar-refractivity contribution < 1.29 is 10.2 Å². The quantitative estimate of drug-likeness (QED) is 0.331. The summed E-state index contributed by atoms with van der Waals surface area (Å²) in [5.41, 5.74) is 1.51. The summed E-state index contributed by atoms with van der Waals surface area (Å²) in [5, 5.41) is 17.8. The molecule has 8 heteroatoms. The standard InChI is InChI=1S/C18H22N4O4/c1-11-7-8-12-13(10-11)22(9-5-3-2-4-6-14(23)24)16-15(19-12)17(25)21-18(26)20-16/h7-8,10,14,23-24H,2-6,9H2,1H3,(H,21,25,26). The van der Waals surface area contributed by atoms with Crippen molar-refractivity contribution in [2.24, 2.45) is 0 Å². The number of unbranched alkanes of at least 4 members (excludes halogenated alkanes) is 3. The molecule has 0 aromatic heterocycles. The van der Waals surface area contributed by atoms with Crippen LogP contribution in [0.1, 0.15) is 37.7 Å². The van der Waals surface area contributed by atoms with Crippen LogP contribution < -0.4 is 11.2 Å². The highest BCUT2D eigenvalue weighted by atomic mass is 16.5. The van der Waals surface area contributed by atoms with E-state index in [0.29, 0.717) is 24.3 Å². The van der Waals surface area contributed by atoms with Crippen LogP contribution in [0, 0.1) is 6.92 Å². The number of nitrogens with one attached hydrogen (secondary N) is 1. The van der Waals surface area contributed by atoms with E-state index in [4.69, 9.17) is 10.2 Å². The Bertz CT molecular complexity index is 993. The SMILES string of the molecule is Cc1ccc2nc3c(=O)[nH]c(=O)nc-3n(CCCCCCC(O)O)c2c1. The number of aromatic amines is 1. The zero-order valence-electron chi connectivity index (χ0n) is 14.6. The van der Waals surface area contributed by atoms with Gasteiger partial charge in [0.1, 0.15) is 0 Å². The molecule has 0 unspecified atom stereocenters. The van der Waals surface area contributed by atoms with Gasteiger partial charge in [-0.2, -0.15) is 4.98 Å². The van der Waals surface area contributed by atoms with Crippen molar-refractivity contribution >= 4 is 11.0 Å². The predicted octanol–water partition coefficient (Wildman–Crippen LogP) is 1.15. The number of benzene rings is 1. The Morgan fingerprint density at radius 1 is 1.12 bits per heavy atom. The van der Waals surface area contributed by atoms with Gasteiger partial charge in [-0.1, -0.05) is 18.9 Å². The summed E-state index contributed by atoms with van der Waals surface area (Å²) in [6.45, 7) is 2.56. The van der Waals surface area contributed by atoms with Crippen LogP contribution in [0.25, 0.3) is 22.6 Å². The summed E-state index contributed by atoms with van der Waals surface area (Å²) < 4.78 is 1.88. The fourth-order valence-electron chi connectivity index (χ4n) is 3.08. The fourth-order valence-corrected chi connectivity index (χ4v) is 3.08. The molecular weight excluding hydrogens is 336 g/mol. The van der Waals surface area contributed by atoms with E-state index in [2.05, 4.69) is 15.0 Å². The first kappa shape index (κ1) is 18.2. The van der Waals surface area contributed by atoms with Gasteiger partial charge in [-0.3, -0.25) is 9.78 Å². The number of hydrogen-bond acceptors (Lipinski definition) is 6. The lowest BCUT2D eigenvalue weighted by Crippen LogP contribution is -2.29. The van der Waals surface area contributed by atoms with Crippen molar-refractivity contribution in [3.63, 3.8) is 0 Å². The molecule has 1 aromatic carbocycles. The van der Waals surface area contributed by atoms with Gasteiger partial charge in [-0.05, 0) is 43.9 Å². The molecule has 0 bridgehead atoms. The first-order valence-corrected chi connectivity index (χ1v) is 8.73. The third-order valence-electron chi connectivity index (χ3n) is 4.36. The normalized spacial score (nSPS) is 11.7. The Labute approximate surface area is 149 Å². The van der Waals surface area contributed by atoms with E-state index in [1.165, 1.54) is 0 Å². The van der Waals surface area contributed by atoms with Gasteiger partial charge in [0.25, 0.3) is 5.56 Å². The molecule has 1 aromatic rings. The van der Waals surface area contributed by atoms with Crippen molar-refractivity contribution in [1.82, 2.24) is 19.5 Å². The number of aliphatic hydroxyl groups is 2. The summed E-state index contributed by atoms with van der Waals surface area (Å²) in [6.07, 6.45) is 2.43. The number of nitrogens with zero attached hydrogens (tertiary/aromatic N) is 3. The molecule has 0 saturated heterocycles. The number of aromatic nitrogens is 4. The van der Waals surface area contributed by atoms with E-state index >= 15 is 0 Å². The van der Waals surface area contributed by atoms with Crippen molar-refractivity contribution in [3.8, 4) is 11.5 Å². The third kappa shape index (κ3) is 3.97. The molecule has 0 atom stereocenters. The van der Waals surface area contributed by atoms with E-state index in [-0.39, 0.29) is 5.69 Å². The second kappa shape index (κ2) is 7.76. The highest BCUT2D eigenvalue weighted by Crippen LogP contribution is 2.22. The highest BCUT2D eigenvalue weighted by Gasteiger charge is 2.18. The second-order valence-corrected chi connectivity index (χ2v) is 6.48. The second-order valence-electron chi connectivity index (χ2n) is 6.48. The van der Waals surface area contributed by atoms with Crippen LogP contribution >= 0.6 is 0 Å². The average Bonchev–Trinajstić information content (AvgIpc) is 2.57.